The number of rotatable bonds is 9. The molecule has 2 aromatic rings. The minimum Gasteiger partial charge on any atom is -0.493 e. The zero-order valence-electron chi connectivity index (χ0n) is 18.1. The molecule has 9 heteroatoms. The molecule has 0 aromatic heterocycles. The lowest BCUT2D eigenvalue weighted by atomic mass is 9.95. The fourth-order valence-corrected chi connectivity index (χ4v) is 4.40. The van der Waals surface area contributed by atoms with Gasteiger partial charge in [-0.3, -0.25) is 9.59 Å². The summed E-state index contributed by atoms with van der Waals surface area (Å²) in [7, 11) is -2.17. The van der Waals surface area contributed by atoms with Crippen LogP contribution in [-0.4, -0.2) is 51.9 Å². The van der Waals surface area contributed by atoms with E-state index >= 15 is 0 Å². The van der Waals surface area contributed by atoms with Crippen LogP contribution in [0, 0.1) is 5.92 Å². The van der Waals surface area contributed by atoms with E-state index in [1.54, 1.807) is 23.1 Å². The van der Waals surface area contributed by atoms with E-state index in [1.807, 2.05) is 30.3 Å². The maximum atomic E-state index is 12.5. The third kappa shape index (κ3) is 6.54. The van der Waals surface area contributed by atoms with Crippen molar-refractivity contribution >= 4 is 21.8 Å². The molecule has 2 aromatic carbocycles. The average Bonchev–Trinajstić information content (AvgIpc) is 2.83. The molecule has 0 unspecified atom stereocenters. The van der Waals surface area contributed by atoms with Crippen LogP contribution in [0.5, 0.6) is 5.75 Å². The lowest BCUT2D eigenvalue weighted by molar-refractivity contribution is -0.136. The van der Waals surface area contributed by atoms with Crippen LogP contribution < -0.4 is 14.8 Å². The highest BCUT2D eigenvalue weighted by atomic mass is 32.2. The van der Waals surface area contributed by atoms with Gasteiger partial charge in [-0.25, -0.2) is 13.1 Å². The summed E-state index contributed by atoms with van der Waals surface area (Å²) < 4.78 is 31.7. The third-order valence-corrected chi connectivity index (χ3v) is 6.90. The van der Waals surface area contributed by atoms with Crippen molar-refractivity contribution in [3.05, 3.63) is 60.2 Å². The van der Waals surface area contributed by atoms with Gasteiger partial charge < -0.3 is 15.0 Å². The van der Waals surface area contributed by atoms with E-state index in [9.17, 15) is 18.0 Å². The van der Waals surface area contributed by atoms with Gasteiger partial charge in [0.2, 0.25) is 21.8 Å². The van der Waals surface area contributed by atoms with E-state index < -0.39 is 10.0 Å². The van der Waals surface area contributed by atoms with Crippen LogP contribution in [0.15, 0.2) is 59.5 Å². The van der Waals surface area contributed by atoms with Crippen LogP contribution in [0.25, 0.3) is 0 Å². The second kappa shape index (κ2) is 11.1. The Balaban J connectivity index is 1.40. The van der Waals surface area contributed by atoms with Crippen molar-refractivity contribution in [3.63, 3.8) is 0 Å². The normalized spacial score (nSPS) is 14.7. The number of carbonyl (C=O) groups excluding carboxylic acids is 2. The molecule has 2 amide bonds. The first kappa shape index (κ1) is 23.7. The van der Waals surface area contributed by atoms with Crippen LogP contribution in [0.2, 0.25) is 0 Å². The lowest BCUT2D eigenvalue weighted by Crippen LogP contribution is -2.43. The maximum Gasteiger partial charge on any atom is 0.240 e. The summed E-state index contributed by atoms with van der Waals surface area (Å²) in [6.07, 6.45) is 1.51. The molecular weight excluding hydrogens is 430 g/mol. The van der Waals surface area contributed by atoms with Gasteiger partial charge in [-0.1, -0.05) is 30.3 Å². The van der Waals surface area contributed by atoms with E-state index in [-0.39, 0.29) is 29.2 Å². The highest BCUT2D eigenvalue weighted by Gasteiger charge is 2.27. The first-order valence-corrected chi connectivity index (χ1v) is 12.1. The van der Waals surface area contributed by atoms with Crippen LogP contribution in [-0.2, 0) is 26.2 Å². The minimum atomic E-state index is -3.53. The largest absolute Gasteiger partial charge is 0.493 e. The maximum absolute atomic E-state index is 12.5. The number of nitrogens with one attached hydrogen (secondary N) is 2. The van der Waals surface area contributed by atoms with Gasteiger partial charge >= 0.3 is 0 Å². The molecule has 0 bridgehead atoms. The second-order valence-electron chi connectivity index (χ2n) is 7.64. The number of piperidine rings is 1. The molecule has 2 N–H and O–H groups in total. The fraction of sp³-hybridized carbons (Fsp3) is 0.391. The predicted octanol–water partition coefficient (Wildman–Crippen LogP) is 1.92. The summed E-state index contributed by atoms with van der Waals surface area (Å²) in [6, 6.07) is 15.9. The molecule has 0 saturated carbocycles. The molecular formula is C23H29N3O5S. The van der Waals surface area contributed by atoms with Crippen molar-refractivity contribution < 1.29 is 22.7 Å². The molecule has 1 aliphatic heterocycles. The third-order valence-electron chi connectivity index (χ3n) is 5.49. The summed E-state index contributed by atoms with van der Waals surface area (Å²) in [4.78, 5) is 26.9. The molecule has 3 rings (SSSR count). The van der Waals surface area contributed by atoms with Gasteiger partial charge in [0.05, 0.1) is 17.9 Å². The summed E-state index contributed by atoms with van der Waals surface area (Å²) in [5.41, 5.74) is 0.709. The Bertz CT molecular complexity index is 1020. The molecule has 0 spiro atoms. The number of hydrogen-bond acceptors (Lipinski definition) is 5. The highest BCUT2D eigenvalue weighted by Crippen LogP contribution is 2.19. The number of sulfonamides is 1. The monoisotopic (exact) mass is 459 g/mol. The molecule has 1 heterocycles. The molecule has 0 aliphatic carbocycles. The summed E-state index contributed by atoms with van der Waals surface area (Å²) in [6.45, 7) is 1.66. The Kier molecular flexibility index (Phi) is 8.24. The molecule has 8 nitrogen and oxygen atoms in total. The van der Waals surface area contributed by atoms with Gasteiger partial charge in [0, 0.05) is 25.6 Å². The molecule has 1 aliphatic rings. The van der Waals surface area contributed by atoms with E-state index in [0.29, 0.717) is 44.5 Å². The van der Waals surface area contributed by atoms with E-state index in [4.69, 9.17) is 4.74 Å². The standard InChI is InChI=1S/C23H29N3O5S/c1-24-32(29,30)21-9-5-6-18(16-21)17-25-23(28)19-10-13-26(14-11-19)22(27)12-15-31-20-7-3-2-4-8-20/h2-9,16,19,24H,10-15,17H2,1H3,(H,25,28). The highest BCUT2D eigenvalue weighted by molar-refractivity contribution is 7.89. The Labute approximate surface area is 189 Å². The van der Waals surface area contributed by atoms with Crippen LogP contribution >= 0.6 is 0 Å². The van der Waals surface area contributed by atoms with Gasteiger partial charge in [0.15, 0.2) is 0 Å². The number of hydrogen-bond donors (Lipinski definition) is 2. The SMILES string of the molecule is CNS(=O)(=O)c1cccc(CNC(=O)C2CCN(C(=O)CCOc3ccccc3)CC2)c1. The van der Waals surface area contributed by atoms with Crippen molar-refractivity contribution in [2.75, 3.05) is 26.7 Å². The van der Waals surface area contributed by atoms with E-state index in [1.165, 1.54) is 13.1 Å². The number of carbonyl (C=O) groups is 2. The molecule has 172 valence electrons. The van der Waals surface area contributed by atoms with Crippen molar-refractivity contribution in [2.24, 2.45) is 5.92 Å². The van der Waals surface area contributed by atoms with Crippen molar-refractivity contribution in [3.8, 4) is 5.75 Å². The number of benzene rings is 2. The molecule has 0 radical (unpaired) electrons. The Hall–Kier alpha value is -2.91. The van der Waals surface area contributed by atoms with Crippen LogP contribution in [0.1, 0.15) is 24.8 Å². The number of nitrogens with zero attached hydrogens (tertiary/aromatic N) is 1. The molecule has 1 saturated heterocycles. The van der Waals surface area contributed by atoms with Gasteiger partial charge in [-0.2, -0.15) is 0 Å². The first-order valence-electron chi connectivity index (χ1n) is 10.6. The number of para-hydroxylation sites is 1. The summed E-state index contributed by atoms with van der Waals surface area (Å²) >= 11 is 0. The van der Waals surface area contributed by atoms with Crippen molar-refractivity contribution in [2.45, 2.75) is 30.7 Å². The zero-order valence-corrected chi connectivity index (χ0v) is 18.9. The van der Waals surface area contributed by atoms with E-state index in [0.717, 1.165) is 5.75 Å². The van der Waals surface area contributed by atoms with Crippen molar-refractivity contribution in [1.82, 2.24) is 14.9 Å². The smallest absolute Gasteiger partial charge is 0.240 e. The average molecular weight is 460 g/mol. The predicted molar refractivity (Wildman–Crippen MR) is 120 cm³/mol. The van der Waals surface area contributed by atoms with Gasteiger partial charge in [-0.05, 0) is 49.7 Å². The van der Waals surface area contributed by atoms with Gasteiger partial charge in [0.25, 0.3) is 0 Å². The fourth-order valence-electron chi connectivity index (χ4n) is 3.60. The summed E-state index contributed by atoms with van der Waals surface area (Å²) in [5, 5.41) is 2.88. The Morgan fingerprint density at radius 2 is 1.78 bits per heavy atom. The van der Waals surface area contributed by atoms with Gasteiger partial charge in [0.1, 0.15) is 5.75 Å². The van der Waals surface area contributed by atoms with Crippen molar-refractivity contribution in [1.29, 1.82) is 0 Å². The van der Waals surface area contributed by atoms with Crippen LogP contribution in [0.4, 0.5) is 0 Å². The van der Waals surface area contributed by atoms with Gasteiger partial charge in [-0.15, -0.1) is 0 Å². The van der Waals surface area contributed by atoms with E-state index in [2.05, 4.69) is 10.0 Å². The number of amides is 2. The topological polar surface area (TPSA) is 105 Å². The number of ether oxygens (including phenoxy) is 1. The lowest BCUT2D eigenvalue weighted by Gasteiger charge is -2.31. The number of likely N-dealkylation sites (tertiary alicyclic amines) is 1. The Morgan fingerprint density at radius 3 is 2.47 bits per heavy atom. The quantitative estimate of drug-likeness (QED) is 0.596. The molecule has 1 fully saturated rings. The Morgan fingerprint density at radius 1 is 1.06 bits per heavy atom. The molecule has 32 heavy (non-hydrogen) atoms. The molecule has 0 atom stereocenters. The summed E-state index contributed by atoms with van der Waals surface area (Å²) in [5.74, 6) is 0.530. The minimum absolute atomic E-state index is 0.0300. The second-order valence-corrected chi connectivity index (χ2v) is 9.53. The van der Waals surface area contributed by atoms with Crippen LogP contribution in [0.3, 0.4) is 0 Å². The first-order chi connectivity index (χ1) is 15.4. The zero-order chi connectivity index (χ0) is 23.0.